The molecule has 17 heteroatoms. The smallest absolute Gasteiger partial charge is 0.309 e. The monoisotopic (exact) mass is 1620 g/mol. The van der Waals surface area contributed by atoms with Crippen molar-refractivity contribution in [2.45, 2.75) is 299 Å². The van der Waals surface area contributed by atoms with Crippen LogP contribution in [-0.2, 0) is 56.1 Å². The molecular weight excluding hydrogens is 1470 g/mol. The lowest BCUT2D eigenvalue weighted by molar-refractivity contribution is -0.233. The predicted octanol–water partition coefficient (Wildman–Crippen LogP) is 21.1. The van der Waals surface area contributed by atoms with Crippen molar-refractivity contribution in [2.75, 3.05) is 60.9 Å². The van der Waals surface area contributed by atoms with E-state index in [2.05, 4.69) is 150 Å². The molecule has 12 rings (SSSR count). The number of likely N-dealkylation sites (N-methyl/N-ethyl adjacent to an activating group) is 2. The molecule has 0 bridgehead atoms. The Balaban J connectivity index is 0.000000242. The van der Waals surface area contributed by atoms with Crippen LogP contribution in [0.4, 0.5) is 0 Å². The molecule has 8 fully saturated rings. The Morgan fingerprint density at radius 2 is 0.921 bits per heavy atom. The number of rotatable bonds is 25. The third kappa shape index (κ3) is 17.5. The summed E-state index contributed by atoms with van der Waals surface area (Å²) >= 11 is 12.4. The summed E-state index contributed by atoms with van der Waals surface area (Å²) in [5, 5.41) is 24.5. The van der Waals surface area contributed by atoms with Crippen LogP contribution in [-0.4, -0.2) is 140 Å². The van der Waals surface area contributed by atoms with Crippen LogP contribution in [0.5, 0.6) is 0 Å². The van der Waals surface area contributed by atoms with Gasteiger partial charge in [0.05, 0.1) is 30.2 Å². The average molecular weight is 1620 g/mol. The van der Waals surface area contributed by atoms with Crippen molar-refractivity contribution in [3.63, 3.8) is 0 Å². The maximum Gasteiger partial charge on any atom is 0.309 e. The molecule has 0 unspecified atom stereocenters. The van der Waals surface area contributed by atoms with Crippen LogP contribution in [0, 0.1) is 112 Å². The largest absolute Gasteiger partial charge is 0.481 e. The number of hydrogen-bond acceptors (Lipinski definition) is 13. The zero-order valence-corrected chi connectivity index (χ0v) is 75.2. The van der Waals surface area contributed by atoms with E-state index in [0.29, 0.717) is 66.5 Å². The van der Waals surface area contributed by atoms with Gasteiger partial charge in [0, 0.05) is 70.7 Å². The molecule has 10 aliphatic carbocycles. The number of allylic oxidation sites excluding steroid dienone is 4. The Labute approximate surface area is 697 Å². The van der Waals surface area contributed by atoms with E-state index in [1.807, 2.05) is 43.3 Å². The first-order valence-corrected chi connectivity index (χ1v) is 44.3. The number of halogens is 2. The normalized spacial score (nSPS) is 34.5. The lowest BCUT2D eigenvalue weighted by atomic mass is 9.33. The number of fused-ring (bicyclic) bond motifs is 14. The third-order valence-corrected chi connectivity index (χ3v) is 34.0. The fourth-order valence-corrected chi connectivity index (χ4v) is 27.1. The number of ether oxygens (including phenoxy) is 2. The number of Topliss-reactive ketones (excluding diaryl/α,β-unsaturated/α-hetero) is 2. The van der Waals surface area contributed by atoms with Gasteiger partial charge in [0.15, 0.2) is 11.6 Å². The molecule has 0 amide bonds. The number of carboxylic acid groups (broad SMARTS) is 2. The number of aldehydes is 1. The van der Waals surface area contributed by atoms with E-state index in [1.165, 1.54) is 29.5 Å². The van der Waals surface area contributed by atoms with E-state index >= 15 is 0 Å². The second-order valence-corrected chi connectivity index (χ2v) is 43.7. The summed E-state index contributed by atoms with van der Waals surface area (Å²) in [4.78, 5) is 94.3. The molecule has 114 heavy (non-hydrogen) atoms. The molecule has 0 spiro atoms. The predicted molar refractivity (Wildman–Crippen MR) is 460 cm³/mol. The van der Waals surface area contributed by atoms with Crippen LogP contribution in [0.3, 0.4) is 0 Å². The van der Waals surface area contributed by atoms with E-state index in [1.54, 1.807) is 33.3 Å². The first-order valence-electron chi connectivity index (χ1n) is 43.6. The highest BCUT2D eigenvalue weighted by molar-refractivity contribution is 6.30. The topological polar surface area (TPSA) is 200 Å². The summed E-state index contributed by atoms with van der Waals surface area (Å²) in [6.07, 6.45) is 20.8. The summed E-state index contributed by atoms with van der Waals surface area (Å²) in [5.41, 5.74) is 5.78. The van der Waals surface area contributed by atoms with Crippen molar-refractivity contribution in [3.8, 4) is 0 Å². The van der Waals surface area contributed by atoms with Gasteiger partial charge < -0.3 is 39.6 Å². The molecule has 0 aromatic heterocycles. The number of esters is 2. The summed E-state index contributed by atoms with van der Waals surface area (Å²) in [5.74, 6) is 1.26. The first kappa shape index (κ1) is 93.1. The van der Waals surface area contributed by atoms with Gasteiger partial charge in [0.2, 0.25) is 0 Å². The van der Waals surface area contributed by atoms with Gasteiger partial charge in [-0.1, -0.05) is 163 Å². The molecule has 8 saturated carbocycles. The van der Waals surface area contributed by atoms with Gasteiger partial charge in [0.1, 0.15) is 18.5 Å². The highest BCUT2D eigenvalue weighted by atomic mass is 35.5. The van der Waals surface area contributed by atoms with Gasteiger partial charge in [-0.25, -0.2) is 0 Å². The zero-order chi connectivity index (χ0) is 83.6. The van der Waals surface area contributed by atoms with E-state index in [-0.39, 0.29) is 98.5 Å². The lowest BCUT2D eigenvalue weighted by Gasteiger charge is -2.72. The van der Waals surface area contributed by atoms with E-state index in [4.69, 9.17) is 32.7 Å². The molecule has 0 heterocycles. The van der Waals surface area contributed by atoms with Gasteiger partial charge in [-0.3, -0.25) is 33.7 Å². The van der Waals surface area contributed by atoms with Crippen molar-refractivity contribution >= 4 is 64.9 Å². The fraction of sp³-hybridized carbons (Fsp3) is 0.763. The number of ketones is 2. The van der Waals surface area contributed by atoms with Gasteiger partial charge in [-0.2, -0.15) is 0 Å². The van der Waals surface area contributed by atoms with Crippen LogP contribution in [0.2, 0.25) is 10.0 Å². The van der Waals surface area contributed by atoms with Gasteiger partial charge >= 0.3 is 23.9 Å². The number of nitrogens with one attached hydrogen (secondary N) is 1. The van der Waals surface area contributed by atoms with Crippen molar-refractivity contribution < 1.29 is 53.2 Å². The number of benzene rings is 2. The summed E-state index contributed by atoms with van der Waals surface area (Å²) in [7, 11) is 8.00. The summed E-state index contributed by atoms with van der Waals surface area (Å²) in [6, 6.07) is 16.3. The van der Waals surface area contributed by atoms with Gasteiger partial charge in [-0.15, -0.1) is 0 Å². The van der Waals surface area contributed by atoms with E-state index < -0.39 is 34.7 Å². The Hall–Kier alpha value is -4.77. The van der Waals surface area contributed by atoms with E-state index in [9.17, 15) is 43.8 Å². The number of carboxylic acids is 2. The summed E-state index contributed by atoms with van der Waals surface area (Å²) < 4.78 is 12.4. The Morgan fingerprint density at radius 1 is 0.518 bits per heavy atom. The van der Waals surface area contributed by atoms with Crippen molar-refractivity contribution in [1.82, 2.24) is 20.0 Å². The minimum absolute atomic E-state index is 0. The van der Waals surface area contributed by atoms with Crippen molar-refractivity contribution in [1.29, 1.82) is 0 Å². The van der Waals surface area contributed by atoms with Crippen molar-refractivity contribution in [2.24, 2.45) is 112 Å². The minimum atomic E-state index is -1.15. The third-order valence-electron chi connectivity index (χ3n) is 33.5. The molecule has 638 valence electrons. The quantitative estimate of drug-likeness (QED) is 0.0481. The van der Waals surface area contributed by atoms with Gasteiger partial charge in [-0.05, 0) is 311 Å². The number of aliphatic carboxylic acids is 2. The first-order chi connectivity index (χ1) is 52.5. The maximum atomic E-state index is 14.3. The molecule has 0 aliphatic heterocycles. The van der Waals surface area contributed by atoms with E-state index in [0.717, 1.165) is 169 Å². The molecule has 0 saturated heterocycles. The zero-order valence-electron chi connectivity index (χ0n) is 73.6. The number of carbonyl (C=O) groups excluding carboxylic acids is 5. The highest BCUT2D eigenvalue weighted by Gasteiger charge is 2.73. The highest BCUT2D eigenvalue weighted by Crippen LogP contribution is 2.79. The molecule has 16 atom stereocenters. The fourth-order valence-electron chi connectivity index (χ4n) is 26.9. The second kappa shape index (κ2) is 34.8. The second-order valence-electron chi connectivity index (χ2n) is 42.8. The Kier molecular flexibility index (Phi) is 28.4. The maximum absolute atomic E-state index is 14.3. The Bertz CT molecular complexity index is 3890. The number of carbonyl (C=O) groups is 7. The van der Waals surface area contributed by atoms with Crippen LogP contribution in [0.15, 0.2) is 70.8 Å². The average Bonchev–Trinajstić information content (AvgIpc) is 1.16. The van der Waals surface area contributed by atoms with Gasteiger partial charge in [0.25, 0.3) is 0 Å². The molecule has 3 N–H and O–H groups in total. The molecule has 2 aromatic rings. The molecular formula is C97H150Cl2N4O11. The molecule has 0 radical (unpaired) electrons. The van der Waals surface area contributed by atoms with Crippen LogP contribution in [0.1, 0.15) is 284 Å². The molecule has 15 nitrogen and oxygen atoms in total. The van der Waals surface area contributed by atoms with Crippen LogP contribution < -0.4 is 5.32 Å². The minimum Gasteiger partial charge on any atom is -0.481 e. The van der Waals surface area contributed by atoms with Crippen LogP contribution in [0.25, 0.3) is 0 Å². The van der Waals surface area contributed by atoms with Crippen LogP contribution >= 0.6 is 23.2 Å². The molecule has 10 aliphatic rings. The standard InChI is InChI=1S/C48H73ClN2O5.C44H64ClNO5.C4H9NO.CH4/c1-31(2)40-35(52)28-48(24-25-51(27-26-50(10)11)30-32-12-14-33(49)15-13-32)23-22-46(8)34(41(40)48)16-17-37-45(7)20-19-38(56-39(53)29-43(3,4)42(54)55)44(5,6)36(45)18-21-47(37,46)9;1-27(2)36-31(47)24-44(22-23-46-26-28-10-12-29(45)13-11-28)21-20-42(8)30(37(36)44)14-15-33-41(7)18-17-34(51-35(48)25-39(3,4)38(49)50)40(5,6)32(41)16-19-43(33,42)9;1-5(2)3-4-6;/h12-15,31,34,36-38H,16-30H2,1-11H3,(H,54,55);10-13,27,30,32-34,46H,14-26H2,1-9H3,(H,49,50);4H,3H2,1-2H3;1H4/t34-,36+,37-,38+,45+,46-,47-,48-;30-,32+,33-,34+,41+,42-,43-,44-;;/m11../s1. The summed E-state index contributed by atoms with van der Waals surface area (Å²) in [6.45, 7) is 46.2. The SMILES string of the molecule is C.CC(C)C1=C2[C@H]3CC[C@@H]4[C@@]5(C)CC[C@H](OC(=O)CC(C)(C)C(=O)O)C(C)(C)[C@@H]5CC[C@@]4(C)[C@]3(C)CC[C@@]2(CCN(CCN(C)C)Cc2ccc(Cl)cc2)CC1=O.CC(C)C1=C2[C@H]3CC[C@@H]4[C@@]5(C)CC[C@H](OC(=O)CC(C)(C)C(=O)O)C(C)(C)[C@@H]5CC[C@@]4(C)[C@]3(C)CC[C@@]2(CCNCc2ccc(Cl)cc2)CC1=O.CN(C)CC=O. The number of nitrogens with zero attached hydrogens (tertiary/aromatic N) is 3. The lowest BCUT2D eigenvalue weighted by Crippen LogP contribution is -2.65. The van der Waals surface area contributed by atoms with Crippen molar-refractivity contribution in [3.05, 3.63) is 92.0 Å². The Morgan fingerprint density at radius 3 is 1.29 bits per heavy atom. The molecule has 2 aromatic carbocycles. The number of hydrogen-bond donors (Lipinski definition) is 3.